The van der Waals surface area contributed by atoms with Crippen LogP contribution in [-0.4, -0.2) is 73.2 Å². The van der Waals surface area contributed by atoms with Crippen LogP contribution in [0.2, 0.25) is 0 Å². The van der Waals surface area contributed by atoms with Crippen LogP contribution in [0.4, 0.5) is 23.1 Å². The quantitative estimate of drug-likeness (QED) is 0.363. The molecule has 1 aliphatic rings. The number of carbonyl (C=O) groups is 3. The first-order valence-electron chi connectivity index (χ1n) is 12.9. The second-order valence-corrected chi connectivity index (χ2v) is 8.76. The van der Waals surface area contributed by atoms with Gasteiger partial charge in [0.25, 0.3) is 5.91 Å². The fourth-order valence-electron chi connectivity index (χ4n) is 4.37. The molecular weight excluding hydrogens is 490 g/mol. The number of ether oxygens (including phenoxy) is 2. The van der Waals surface area contributed by atoms with E-state index in [1.807, 2.05) is 19.1 Å². The zero-order valence-corrected chi connectivity index (χ0v) is 22.2. The first kappa shape index (κ1) is 28.5. The summed E-state index contributed by atoms with van der Waals surface area (Å²) < 4.78 is 9.98. The van der Waals surface area contributed by atoms with Gasteiger partial charge >= 0.3 is 11.9 Å². The van der Waals surface area contributed by atoms with E-state index in [4.69, 9.17) is 20.9 Å². The Labute approximate surface area is 222 Å². The van der Waals surface area contributed by atoms with E-state index < -0.39 is 23.9 Å². The van der Waals surface area contributed by atoms with E-state index in [9.17, 15) is 14.4 Å². The molecule has 0 saturated carbocycles. The van der Waals surface area contributed by atoms with E-state index >= 15 is 0 Å². The number of hydrogen-bond donors (Lipinski definition) is 3. The molecule has 12 heteroatoms. The second-order valence-electron chi connectivity index (χ2n) is 8.76. The zero-order valence-electron chi connectivity index (χ0n) is 22.2. The van der Waals surface area contributed by atoms with Crippen LogP contribution >= 0.6 is 0 Å². The Kier molecular flexibility index (Phi) is 10.1. The Morgan fingerprint density at radius 1 is 0.947 bits per heavy atom. The first-order chi connectivity index (χ1) is 18.3. The Bertz CT molecular complexity index is 1120. The molecule has 0 spiro atoms. The highest BCUT2D eigenvalue weighted by atomic mass is 16.5. The van der Waals surface area contributed by atoms with Crippen LogP contribution in [-0.2, 0) is 25.5 Å². The Morgan fingerprint density at radius 2 is 1.58 bits per heavy atom. The van der Waals surface area contributed by atoms with Crippen molar-refractivity contribution in [3.05, 3.63) is 35.5 Å². The number of hydrogen-bond acceptors (Lipinski definition) is 11. The predicted octanol–water partition coefficient (Wildman–Crippen LogP) is 1.53. The molecule has 38 heavy (non-hydrogen) atoms. The van der Waals surface area contributed by atoms with E-state index in [0.717, 1.165) is 43.2 Å². The number of rotatable bonds is 11. The summed E-state index contributed by atoms with van der Waals surface area (Å²) in [7, 11) is 0. The maximum atomic E-state index is 12.8. The lowest BCUT2D eigenvalue weighted by atomic mass is 10.1. The van der Waals surface area contributed by atoms with Gasteiger partial charge in [0.15, 0.2) is 5.82 Å². The number of carbonyl (C=O) groups excluding carboxylic acids is 3. The molecule has 1 aromatic carbocycles. The number of anilines is 4. The molecule has 1 aliphatic heterocycles. The van der Waals surface area contributed by atoms with Gasteiger partial charge in [-0.2, -0.15) is 4.98 Å². The standard InChI is InChI=1S/C26H37N7O5/c1-4-19-22(23(27)31-26(28)30-19)33-15-13-32(14-16-33)18-9-7-17(8-10-18)24(35)29-20(25(36)38-6-3)11-12-21(34)37-5-2/h7-10,20H,4-6,11-16H2,1-3H3,(H,29,35)(H4,27,28,30,31)/t20-/m0/s1. The third-order valence-electron chi connectivity index (χ3n) is 6.24. The Balaban J connectivity index is 1.61. The molecular formula is C26H37N7O5. The molecule has 1 aromatic heterocycles. The molecule has 0 radical (unpaired) electrons. The summed E-state index contributed by atoms with van der Waals surface area (Å²) in [6.45, 7) is 8.77. The van der Waals surface area contributed by atoms with E-state index in [2.05, 4.69) is 25.1 Å². The molecule has 2 aromatic rings. The van der Waals surface area contributed by atoms with Crippen molar-refractivity contribution >= 4 is 41.0 Å². The molecule has 1 atom stereocenters. The summed E-state index contributed by atoms with van der Waals surface area (Å²) in [5.74, 6) is -0.870. The number of piperazine rings is 1. The van der Waals surface area contributed by atoms with Gasteiger partial charge in [-0.25, -0.2) is 9.78 Å². The molecule has 1 saturated heterocycles. The average Bonchev–Trinajstić information content (AvgIpc) is 2.91. The highest BCUT2D eigenvalue weighted by molar-refractivity contribution is 5.97. The number of amides is 1. The van der Waals surface area contributed by atoms with Crippen LogP contribution in [0.15, 0.2) is 24.3 Å². The molecule has 0 unspecified atom stereocenters. The fourth-order valence-corrected chi connectivity index (χ4v) is 4.37. The van der Waals surface area contributed by atoms with Crippen molar-refractivity contribution in [2.24, 2.45) is 0 Å². The van der Waals surface area contributed by atoms with Crippen molar-refractivity contribution in [2.75, 3.05) is 60.7 Å². The molecule has 12 nitrogen and oxygen atoms in total. The number of aromatic nitrogens is 2. The molecule has 1 amide bonds. The number of nitrogens with zero attached hydrogens (tertiary/aromatic N) is 4. The van der Waals surface area contributed by atoms with Crippen LogP contribution in [0.25, 0.3) is 0 Å². The van der Waals surface area contributed by atoms with E-state index in [0.29, 0.717) is 17.8 Å². The van der Waals surface area contributed by atoms with Gasteiger partial charge in [-0.15, -0.1) is 0 Å². The minimum absolute atomic E-state index is 0.00356. The third kappa shape index (κ3) is 7.24. The van der Waals surface area contributed by atoms with Crippen LogP contribution in [0.3, 0.4) is 0 Å². The zero-order chi connectivity index (χ0) is 27.7. The van der Waals surface area contributed by atoms with Gasteiger partial charge in [0.1, 0.15) is 11.7 Å². The molecule has 1 fully saturated rings. The van der Waals surface area contributed by atoms with Gasteiger partial charge in [-0.05, 0) is 51.0 Å². The van der Waals surface area contributed by atoms with Crippen LogP contribution < -0.4 is 26.6 Å². The number of nitrogen functional groups attached to an aromatic ring is 2. The highest BCUT2D eigenvalue weighted by Crippen LogP contribution is 2.28. The van der Waals surface area contributed by atoms with Crippen molar-refractivity contribution in [3.8, 4) is 0 Å². The minimum Gasteiger partial charge on any atom is -0.466 e. The summed E-state index contributed by atoms with van der Waals surface area (Å²) in [4.78, 5) is 49.8. The molecule has 0 aliphatic carbocycles. The molecule has 2 heterocycles. The van der Waals surface area contributed by atoms with Crippen molar-refractivity contribution in [1.82, 2.24) is 15.3 Å². The van der Waals surface area contributed by atoms with Crippen LogP contribution in [0.1, 0.15) is 49.7 Å². The first-order valence-corrected chi connectivity index (χ1v) is 12.9. The Hall–Kier alpha value is -4.09. The van der Waals surface area contributed by atoms with Gasteiger partial charge in [-0.3, -0.25) is 9.59 Å². The summed E-state index contributed by atoms with van der Waals surface area (Å²) in [5.41, 5.74) is 15.0. The van der Waals surface area contributed by atoms with Crippen LogP contribution in [0.5, 0.6) is 0 Å². The highest BCUT2D eigenvalue weighted by Gasteiger charge is 2.25. The SMILES string of the molecule is CCOC(=O)CC[C@H](NC(=O)c1ccc(N2CCN(c3c(N)nc(N)nc3CC)CC2)cc1)C(=O)OCC. The van der Waals surface area contributed by atoms with Gasteiger partial charge in [0.05, 0.1) is 18.9 Å². The molecule has 5 N–H and O–H groups in total. The maximum absolute atomic E-state index is 12.8. The second kappa shape index (κ2) is 13.5. The lowest BCUT2D eigenvalue weighted by Gasteiger charge is -2.38. The third-order valence-corrected chi connectivity index (χ3v) is 6.24. The summed E-state index contributed by atoms with van der Waals surface area (Å²) in [6, 6.07) is 6.23. The normalized spacial score (nSPS) is 14.1. The number of nitrogens with two attached hydrogens (primary N) is 2. The Morgan fingerprint density at radius 3 is 2.18 bits per heavy atom. The molecule has 206 valence electrons. The number of nitrogens with one attached hydrogen (secondary N) is 1. The largest absolute Gasteiger partial charge is 0.466 e. The van der Waals surface area contributed by atoms with E-state index in [-0.39, 0.29) is 32.0 Å². The summed E-state index contributed by atoms with van der Waals surface area (Å²) in [5, 5.41) is 2.68. The predicted molar refractivity (Wildman–Crippen MR) is 145 cm³/mol. The summed E-state index contributed by atoms with van der Waals surface area (Å²) in [6.07, 6.45) is 0.793. The van der Waals surface area contributed by atoms with E-state index in [1.165, 1.54) is 0 Å². The molecule has 3 rings (SSSR count). The maximum Gasteiger partial charge on any atom is 0.328 e. The average molecular weight is 528 g/mol. The minimum atomic E-state index is -0.947. The molecule has 0 bridgehead atoms. The van der Waals surface area contributed by atoms with Crippen molar-refractivity contribution in [2.45, 2.75) is 46.1 Å². The smallest absolute Gasteiger partial charge is 0.328 e. The van der Waals surface area contributed by atoms with Crippen molar-refractivity contribution in [3.63, 3.8) is 0 Å². The topological polar surface area (TPSA) is 166 Å². The summed E-state index contributed by atoms with van der Waals surface area (Å²) >= 11 is 0. The lowest BCUT2D eigenvalue weighted by Crippen LogP contribution is -2.47. The van der Waals surface area contributed by atoms with Gasteiger partial charge in [-0.1, -0.05) is 6.92 Å². The van der Waals surface area contributed by atoms with Gasteiger partial charge in [0, 0.05) is 43.9 Å². The lowest BCUT2D eigenvalue weighted by molar-refractivity contribution is -0.146. The van der Waals surface area contributed by atoms with E-state index in [1.54, 1.807) is 26.0 Å². The fraction of sp³-hybridized carbons (Fsp3) is 0.500. The van der Waals surface area contributed by atoms with Crippen LogP contribution in [0, 0.1) is 0 Å². The van der Waals surface area contributed by atoms with Crippen molar-refractivity contribution in [1.29, 1.82) is 0 Å². The number of benzene rings is 1. The van der Waals surface area contributed by atoms with Gasteiger partial charge in [0.2, 0.25) is 5.95 Å². The van der Waals surface area contributed by atoms with Gasteiger partial charge < -0.3 is 36.1 Å². The number of aryl methyl sites for hydroxylation is 1. The monoisotopic (exact) mass is 527 g/mol. The van der Waals surface area contributed by atoms with Crippen molar-refractivity contribution < 1.29 is 23.9 Å². The number of esters is 2.